The molecule has 4 N–H and O–H groups in total. The van der Waals surface area contributed by atoms with Gasteiger partial charge in [0.25, 0.3) is 0 Å². The molecule has 4 heterocycles. The first kappa shape index (κ1) is 20.5. The van der Waals surface area contributed by atoms with E-state index in [0.29, 0.717) is 10.8 Å². The Hall–Kier alpha value is -3.09. The van der Waals surface area contributed by atoms with E-state index >= 15 is 0 Å². The van der Waals surface area contributed by atoms with E-state index < -0.39 is 0 Å². The Morgan fingerprint density at radius 1 is 1.09 bits per heavy atom. The minimum atomic E-state index is 0.118. The van der Waals surface area contributed by atoms with Crippen molar-refractivity contribution < 1.29 is 0 Å². The van der Waals surface area contributed by atoms with Gasteiger partial charge in [0.15, 0.2) is 0 Å². The molecule has 2 aliphatic rings. The van der Waals surface area contributed by atoms with Crippen LogP contribution < -0.4 is 16.4 Å². The summed E-state index contributed by atoms with van der Waals surface area (Å²) in [7, 11) is 0. The fourth-order valence-electron chi connectivity index (χ4n) is 5.90. The molecule has 6 nitrogen and oxygen atoms in total. The quantitative estimate of drug-likeness (QED) is 0.451. The molecule has 6 rings (SSSR count). The van der Waals surface area contributed by atoms with E-state index in [9.17, 15) is 0 Å². The van der Waals surface area contributed by atoms with E-state index in [1.54, 1.807) is 6.20 Å². The third-order valence-corrected chi connectivity index (χ3v) is 8.11. The number of nitrogen functional groups attached to an aromatic ring is 1. The lowest BCUT2D eigenvalue weighted by Crippen LogP contribution is -2.44. The Morgan fingerprint density at radius 2 is 1.88 bits per heavy atom. The predicted molar refractivity (Wildman–Crippen MR) is 134 cm³/mol. The highest BCUT2D eigenvalue weighted by Crippen LogP contribution is 2.51. The summed E-state index contributed by atoms with van der Waals surface area (Å²) < 4.78 is 2.16. The summed E-state index contributed by atoms with van der Waals surface area (Å²) in [4.78, 5) is 11.3. The van der Waals surface area contributed by atoms with Gasteiger partial charge in [-0.05, 0) is 60.4 Å². The molecule has 168 valence electrons. The molecule has 1 aliphatic carbocycles. The van der Waals surface area contributed by atoms with Gasteiger partial charge >= 0.3 is 0 Å². The fraction of sp³-hybridized carbons (Fsp3) is 0.308. The number of aromatic nitrogens is 3. The SMILES string of the molecule is Cc1cc(N2CCC3(CC2)Cc2ccccc2[C@H]3N)n2ccnc2c1-c1ccnc(N)c1Cl. The fourth-order valence-corrected chi connectivity index (χ4v) is 6.11. The smallest absolute Gasteiger partial charge is 0.146 e. The van der Waals surface area contributed by atoms with Crippen molar-refractivity contribution in [3.63, 3.8) is 0 Å². The van der Waals surface area contributed by atoms with Crippen LogP contribution in [0.15, 0.2) is 55.0 Å². The number of hydrogen-bond donors (Lipinski definition) is 2. The van der Waals surface area contributed by atoms with Crippen molar-refractivity contribution in [3.8, 4) is 11.1 Å². The molecule has 0 amide bonds. The molecule has 0 bridgehead atoms. The third kappa shape index (κ3) is 3.05. The summed E-state index contributed by atoms with van der Waals surface area (Å²) in [5.74, 6) is 1.48. The Bertz CT molecular complexity index is 1370. The molecule has 1 spiro atoms. The van der Waals surface area contributed by atoms with E-state index in [1.807, 2.05) is 18.5 Å². The molecule has 0 radical (unpaired) electrons. The molecule has 0 unspecified atom stereocenters. The molecule has 1 saturated heterocycles. The van der Waals surface area contributed by atoms with Crippen molar-refractivity contribution in [2.24, 2.45) is 11.1 Å². The number of nitrogens with zero attached hydrogens (tertiary/aromatic N) is 4. The van der Waals surface area contributed by atoms with Crippen LogP contribution >= 0.6 is 11.6 Å². The second-order valence-electron chi connectivity index (χ2n) is 9.44. The Balaban J connectivity index is 1.34. The first-order chi connectivity index (χ1) is 16.0. The highest BCUT2D eigenvalue weighted by molar-refractivity contribution is 6.35. The van der Waals surface area contributed by atoms with E-state index in [-0.39, 0.29) is 11.5 Å². The zero-order valence-corrected chi connectivity index (χ0v) is 19.4. The number of imidazole rings is 1. The van der Waals surface area contributed by atoms with E-state index in [0.717, 1.165) is 60.5 Å². The molecule has 3 aromatic heterocycles. The van der Waals surface area contributed by atoms with Crippen LogP contribution in [0.3, 0.4) is 0 Å². The monoisotopic (exact) mass is 458 g/mol. The van der Waals surface area contributed by atoms with Crippen LogP contribution in [0.25, 0.3) is 16.8 Å². The molecular weight excluding hydrogens is 432 g/mol. The van der Waals surface area contributed by atoms with Crippen LogP contribution in [-0.4, -0.2) is 27.5 Å². The van der Waals surface area contributed by atoms with Gasteiger partial charge in [0, 0.05) is 48.8 Å². The van der Waals surface area contributed by atoms with E-state index in [1.165, 1.54) is 11.1 Å². The van der Waals surface area contributed by atoms with Gasteiger partial charge < -0.3 is 16.4 Å². The standard InChI is InChI=1S/C26H27ClN6/c1-16-14-20(33-13-10-31-25(33)21(16)19-6-9-30-24(29)22(19)27)32-11-7-26(8-12-32)15-17-4-2-3-5-18(17)23(26)28/h2-6,9-10,13-14,23H,7-8,11-12,15,28H2,1H3,(H2,29,30)/t23-/m1/s1. The van der Waals surface area contributed by atoms with Gasteiger partial charge in [-0.15, -0.1) is 0 Å². The summed E-state index contributed by atoms with van der Waals surface area (Å²) in [6.45, 7) is 4.04. The zero-order chi connectivity index (χ0) is 22.7. The number of aryl methyl sites for hydroxylation is 1. The van der Waals surface area contributed by atoms with Gasteiger partial charge in [-0.3, -0.25) is 4.40 Å². The van der Waals surface area contributed by atoms with Gasteiger partial charge in [0.05, 0.1) is 5.02 Å². The van der Waals surface area contributed by atoms with Crippen molar-refractivity contribution in [3.05, 3.63) is 76.7 Å². The Morgan fingerprint density at radius 3 is 2.67 bits per heavy atom. The number of halogens is 1. The van der Waals surface area contributed by atoms with Crippen LogP contribution in [-0.2, 0) is 6.42 Å². The zero-order valence-electron chi connectivity index (χ0n) is 18.6. The second-order valence-corrected chi connectivity index (χ2v) is 9.82. The van der Waals surface area contributed by atoms with E-state index in [2.05, 4.69) is 56.5 Å². The largest absolute Gasteiger partial charge is 0.382 e. The minimum absolute atomic E-state index is 0.118. The molecular formula is C26H27ClN6. The molecule has 1 aliphatic heterocycles. The molecule has 0 saturated carbocycles. The van der Waals surface area contributed by atoms with Gasteiger partial charge in [0.1, 0.15) is 17.3 Å². The Kier molecular flexibility index (Phi) is 4.64. The number of piperidine rings is 1. The first-order valence-electron chi connectivity index (χ1n) is 11.4. The maximum absolute atomic E-state index is 6.79. The topological polar surface area (TPSA) is 85.5 Å². The van der Waals surface area contributed by atoms with Crippen molar-refractivity contribution in [2.75, 3.05) is 23.7 Å². The number of fused-ring (bicyclic) bond motifs is 2. The summed E-state index contributed by atoms with van der Waals surface area (Å²) >= 11 is 6.53. The maximum atomic E-state index is 6.79. The minimum Gasteiger partial charge on any atom is -0.382 e. The lowest BCUT2D eigenvalue weighted by atomic mass is 9.73. The van der Waals surface area contributed by atoms with Crippen LogP contribution in [0.5, 0.6) is 0 Å². The number of pyridine rings is 2. The average molecular weight is 459 g/mol. The number of hydrogen-bond acceptors (Lipinski definition) is 5. The van der Waals surface area contributed by atoms with Crippen molar-refractivity contribution in [2.45, 2.75) is 32.2 Å². The van der Waals surface area contributed by atoms with Crippen molar-refractivity contribution >= 4 is 28.9 Å². The van der Waals surface area contributed by atoms with Gasteiger partial charge in [-0.1, -0.05) is 35.9 Å². The lowest BCUT2D eigenvalue weighted by molar-refractivity contribution is 0.187. The highest BCUT2D eigenvalue weighted by atomic mass is 35.5. The molecule has 1 atom stereocenters. The second kappa shape index (κ2) is 7.47. The third-order valence-electron chi connectivity index (χ3n) is 7.71. The molecule has 1 fully saturated rings. The van der Waals surface area contributed by atoms with Crippen LogP contribution in [0.2, 0.25) is 5.02 Å². The number of benzene rings is 1. The van der Waals surface area contributed by atoms with Crippen LogP contribution in [0, 0.1) is 12.3 Å². The molecule has 33 heavy (non-hydrogen) atoms. The van der Waals surface area contributed by atoms with Crippen molar-refractivity contribution in [1.29, 1.82) is 0 Å². The van der Waals surface area contributed by atoms with Crippen molar-refractivity contribution in [1.82, 2.24) is 14.4 Å². The van der Waals surface area contributed by atoms with Gasteiger partial charge in [0.2, 0.25) is 0 Å². The Labute approximate surface area is 198 Å². The molecule has 4 aromatic rings. The van der Waals surface area contributed by atoms with E-state index in [4.69, 9.17) is 23.1 Å². The number of rotatable bonds is 2. The average Bonchev–Trinajstić information content (AvgIpc) is 3.40. The first-order valence-corrected chi connectivity index (χ1v) is 11.8. The summed E-state index contributed by atoms with van der Waals surface area (Å²) in [5.41, 5.74) is 19.5. The van der Waals surface area contributed by atoms with Gasteiger partial charge in [-0.2, -0.15) is 0 Å². The van der Waals surface area contributed by atoms with Gasteiger partial charge in [-0.25, -0.2) is 9.97 Å². The molecule has 1 aromatic carbocycles. The predicted octanol–water partition coefficient (Wildman–Crippen LogP) is 4.78. The number of anilines is 2. The summed E-state index contributed by atoms with van der Waals surface area (Å²) in [5, 5.41) is 0.466. The van der Waals surface area contributed by atoms with Crippen LogP contribution in [0.4, 0.5) is 11.6 Å². The summed E-state index contributed by atoms with van der Waals surface area (Å²) in [6, 6.07) is 12.9. The maximum Gasteiger partial charge on any atom is 0.146 e. The normalized spacial score (nSPS) is 19.4. The number of nitrogens with two attached hydrogens (primary N) is 2. The summed E-state index contributed by atoms with van der Waals surface area (Å²) in [6.07, 6.45) is 8.79. The highest BCUT2D eigenvalue weighted by Gasteiger charge is 2.46. The lowest BCUT2D eigenvalue weighted by Gasteiger charge is -2.43. The molecule has 7 heteroatoms. The van der Waals surface area contributed by atoms with Crippen LogP contribution in [0.1, 0.15) is 35.6 Å².